The topological polar surface area (TPSA) is 66.0 Å². The molecule has 0 saturated carbocycles. The first-order valence-corrected chi connectivity index (χ1v) is 6.17. The van der Waals surface area contributed by atoms with E-state index in [0.29, 0.717) is 18.0 Å². The molecule has 0 aliphatic heterocycles. The van der Waals surface area contributed by atoms with E-state index in [9.17, 15) is 4.79 Å². The molecule has 0 fully saturated rings. The first-order valence-electron chi connectivity index (χ1n) is 6.17. The van der Waals surface area contributed by atoms with Gasteiger partial charge in [0.2, 0.25) is 5.91 Å². The molecule has 1 N–H and O–H groups in total. The van der Waals surface area contributed by atoms with Gasteiger partial charge in [-0.05, 0) is 6.07 Å². The number of amides is 1. The van der Waals surface area contributed by atoms with Crippen LogP contribution >= 0.6 is 0 Å². The number of methoxy groups -OCH3 is 4. The second-order valence-corrected chi connectivity index (χ2v) is 4.06. The third-order valence-corrected chi connectivity index (χ3v) is 2.84. The van der Waals surface area contributed by atoms with Crippen molar-refractivity contribution in [2.24, 2.45) is 0 Å². The molecule has 6 heteroatoms. The molecule has 112 valence electrons. The average molecular weight is 283 g/mol. The van der Waals surface area contributed by atoms with Crippen LogP contribution < -0.4 is 14.8 Å². The molecule has 1 amide bonds. The summed E-state index contributed by atoms with van der Waals surface area (Å²) >= 11 is 0. The Morgan fingerprint density at radius 3 is 2.40 bits per heavy atom. The van der Waals surface area contributed by atoms with E-state index in [4.69, 9.17) is 18.9 Å². The van der Waals surface area contributed by atoms with E-state index in [2.05, 4.69) is 5.32 Å². The summed E-state index contributed by atoms with van der Waals surface area (Å²) in [5.74, 6) is 1.17. The van der Waals surface area contributed by atoms with Gasteiger partial charge in [-0.2, -0.15) is 0 Å². The van der Waals surface area contributed by atoms with Crippen LogP contribution in [0.5, 0.6) is 11.5 Å². The Morgan fingerprint density at radius 1 is 1.15 bits per heavy atom. The minimum atomic E-state index is -0.447. The van der Waals surface area contributed by atoms with Crippen molar-refractivity contribution in [3.8, 4) is 11.5 Å². The van der Waals surface area contributed by atoms with E-state index >= 15 is 0 Å². The summed E-state index contributed by atoms with van der Waals surface area (Å²) in [4.78, 5) is 11.9. The average Bonchev–Trinajstić information content (AvgIpc) is 2.48. The minimum Gasteiger partial charge on any atom is -0.497 e. The van der Waals surface area contributed by atoms with Gasteiger partial charge in [-0.3, -0.25) is 4.79 Å². The Balaban J connectivity index is 2.61. The summed E-state index contributed by atoms with van der Waals surface area (Å²) in [6.45, 7) is 0.296. The molecule has 0 radical (unpaired) electrons. The number of ether oxygens (including phenoxy) is 4. The van der Waals surface area contributed by atoms with Gasteiger partial charge in [0.15, 0.2) is 6.29 Å². The van der Waals surface area contributed by atoms with Crippen LogP contribution in [0.2, 0.25) is 0 Å². The highest BCUT2D eigenvalue weighted by atomic mass is 16.7. The van der Waals surface area contributed by atoms with Crippen molar-refractivity contribution in [3.63, 3.8) is 0 Å². The van der Waals surface area contributed by atoms with E-state index in [1.807, 2.05) is 0 Å². The van der Waals surface area contributed by atoms with Crippen molar-refractivity contribution in [2.75, 3.05) is 35.0 Å². The lowest BCUT2D eigenvalue weighted by atomic mass is 10.1. The van der Waals surface area contributed by atoms with Crippen molar-refractivity contribution >= 4 is 5.91 Å². The molecular formula is C14H21NO5. The highest BCUT2D eigenvalue weighted by Crippen LogP contribution is 2.24. The molecule has 0 unspecified atom stereocenters. The highest BCUT2D eigenvalue weighted by Gasteiger charge is 2.12. The van der Waals surface area contributed by atoms with Gasteiger partial charge in [-0.15, -0.1) is 0 Å². The molecule has 0 aromatic heterocycles. The summed E-state index contributed by atoms with van der Waals surface area (Å²) in [6.07, 6.45) is -0.232. The van der Waals surface area contributed by atoms with E-state index < -0.39 is 6.29 Å². The fourth-order valence-electron chi connectivity index (χ4n) is 1.69. The van der Waals surface area contributed by atoms with Gasteiger partial charge in [0, 0.05) is 25.8 Å². The van der Waals surface area contributed by atoms with Crippen LogP contribution in [0, 0.1) is 0 Å². The van der Waals surface area contributed by atoms with Gasteiger partial charge >= 0.3 is 0 Å². The quantitative estimate of drug-likeness (QED) is 0.720. The molecule has 1 rings (SSSR count). The first-order chi connectivity index (χ1) is 9.64. The van der Waals surface area contributed by atoms with Gasteiger partial charge in [-0.25, -0.2) is 0 Å². The van der Waals surface area contributed by atoms with Crippen molar-refractivity contribution in [2.45, 2.75) is 12.7 Å². The Hall–Kier alpha value is -1.79. The fraction of sp³-hybridized carbons (Fsp3) is 0.500. The van der Waals surface area contributed by atoms with Crippen molar-refractivity contribution in [1.29, 1.82) is 0 Å². The predicted molar refractivity (Wildman–Crippen MR) is 74.1 cm³/mol. The lowest BCUT2D eigenvalue weighted by Gasteiger charge is -2.15. The third-order valence-electron chi connectivity index (χ3n) is 2.84. The molecule has 6 nitrogen and oxygen atoms in total. The standard InChI is InChI=1S/C14H21NO5/c1-17-11-6-5-10(12(8-11)18-2)7-13(16)15-9-14(19-3)20-4/h5-6,8,14H,7,9H2,1-4H3,(H,15,16). The SMILES string of the molecule is COc1ccc(CC(=O)NCC(OC)OC)c(OC)c1. The minimum absolute atomic E-state index is 0.132. The molecule has 0 spiro atoms. The van der Waals surface area contributed by atoms with Crippen LogP contribution in [0.15, 0.2) is 18.2 Å². The number of hydrogen-bond acceptors (Lipinski definition) is 5. The number of carbonyl (C=O) groups excluding carboxylic acids is 1. The van der Waals surface area contributed by atoms with Crippen LogP contribution in [0.4, 0.5) is 0 Å². The lowest BCUT2D eigenvalue weighted by molar-refractivity contribution is -0.126. The smallest absolute Gasteiger partial charge is 0.224 e. The van der Waals surface area contributed by atoms with E-state index in [1.165, 1.54) is 14.2 Å². The predicted octanol–water partition coefficient (Wildman–Crippen LogP) is 0.981. The van der Waals surface area contributed by atoms with Crippen molar-refractivity contribution in [3.05, 3.63) is 23.8 Å². The van der Waals surface area contributed by atoms with E-state index in [-0.39, 0.29) is 12.3 Å². The zero-order valence-electron chi connectivity index (χ0n) is 12.3. The fourth-order valence-corrected chi connectivity index (χ4v) is 1.69. The van der Waals surface area contributed by atoms with Gasteiger partial charge in [0.05, 0.1) is 27.2 Å². The normalized spacial score (nSPS) is 10.4. The van der Waals surface area contributed by atoms with Crippen LogP contribution in [0.3, 0.4) is 0 Å². The van der Waals surface area contributed by atoms with Crippen molar-refractivity contribution in [1.82, 2.24) is 5.32 Å². The highest BCUT2D eigenvalue weighted by molar-refractivity contribution is 5.79. The Kier molecular flexibility index (Phi) is 6.83. The molecule has 0 atom stereocenters. The molecule has 0 saturated heterocycles. The second-order valence-electron chi connectivity index (χ2n) is 4.06. The summed E-state index contributed by atoms with van der Waals surface area (Å²) in [7, 11) is 6.18. The Bertz CT molecular complexity index is 432. The van der Waals surface area contributed by atoms with E-state index in [1.54, 1.807) is 32.4 Å². The summed E-state index contributed by atoms with van der Waals surface area (Å²) < 4.78 is 20.4. The van der Waals surface area contributed by atoms with E-state index in [0.717, 1.165) is 5.56 Å². The molecule has 1 aromatic rings. The zero-order valence-corrected chi connectivity index (χ0v) is 12.3. The molecule has 0 aliphatic rings. The Morgan fingerprint density at radius 2 is 1.85 bits per heavy atom. The van der Waals surface area contributed by atoms with Crippen LogP contribution in [0.1, 0.15) is 5.56 Å². The molecule has 0 aliphatic carbocycles. The lowest BCUT2D eigenvalue weighted by Crippen LogP contribution is -2.35. The third kappa shape index (κ3) is 4.71. The number of carbonyl (C=O) groups is 1. The number of benzene rings is 1. The largest absolute Gasteiger partial charge is 0.497 e. The number of hydrogen-bond donors (Lipinski definition) is 1. The monoisotopic (exact) mass is 283 g/mol. The van der Waals surface area contributed by atoms with Gasteiger partial charge in [0.1, 0.15) is 11.5 Å². The molecule has 0 bridgehead atoms. The maximum Gasteiger partial charge on any atom is 0.224 e. The zero-order chi connectivity index (χ0) is 15.0. The van der Waals surface area contributed by atoms with Crippen LogP contribution in [0.25, 0.3) is 0 Å². The van der Waals surface area contributed by atoms with Gasteiger partial charge in [-0.1, -0.05) is 6.07 Å². The van der Waals surface area contributed by atoms with Gasteiger partial charge in [0.25, 0.3) is 0 Å². The number of rotatable bonds is 8. The summed E-state index contributed by atoms with van der Waals surface area (Å²) in [6, 6.07) is 5.34. The molecule has 0 heterocycles. The number of nitrogens with one attached hydrogen (secondary N) is 1. The van der Waals surface area contributed by atoms with Gasteiger partial charge < -0.3 is 24.3 Å². The molecule has 1 aromatic carbocycles. The second kappa shape index (κ2) is 8.39. The summed E-state index contributed by atoms with van der Waals surface area (Å²) in [5.41, 5.74) is 0.789. The molecule has 20 heavy (non-hydrogen) atoms. The maximum absolute atomic E-state index is 11.9. The first kappa shape index (κ1) is 16.3. The van der Waals surface area contributed by atoms with Crippen molar-refractivity contribution < 1.29 is 23.7 Å². The summed E-state index contributed by atoms with van der Waals surface area (Å²) in [5, 5.41) is 2.74. The molecular weight excluding hydrogens is 262 g/mol. The Labute approximate surface area is 119 Å². The maximum atomic E-state index is 11.9. The van der Waals surface area contributed by atoms with Crippen LogP contribution in [-0.2, 0) is 20.7 Å². The van der Waals surface area contributed by atoms with Crippen LogP contribution in [-0.4, -0.2) is 47.2 Å².